The SMILES string of the molecule is CC(N)CNc1ncnc2c1ncn2C. The summed E-state index contributed by atoms with van der Waals surface area (Å²) >= 11 is 0. The zero-order valence-electron chi connectivity index (χ0n) is 8.81. The molecule has 15 heavy (non-hydrogen) atoms. The molecule has 3 N–H and O–H groups in total. The molecular formula is C9H14N6. The van der Waals surface area contributed by atoms with Crippen molar-refractivity contribution in [3.05, 3.63) is 12.7 Å². The van der Waals surface area contributed by atoms with Crippen LogP contribution in [0.1, 0.15) is 6.92 Å². The molecule has 0 bridgehead atoms. The van der Waals surface area contributed by atoms with Gasteiger partial charge in [-0.05, 0) is 6.92 Å². The van der Waals surface area contributed by atoms with Crippen molar-refractivity contribution in [2.24, 2.45) is 12.8 Å². The number of aromatic nitrogens is 4. The lowest BCUT2D eigenvalue weighted by Gasteiger charge is -2.07. The average Bonchev–Trinajstić information content (AvgIpc) is 2.58. The maximum Gasteiger partial charge on any atom is 0.165 e. The van der Waals surface area contributed by atoms with Crippen LogP contribution in [0.2, 0.25) is 0 Å². The number of nitrogens with one attached hydrogen (secondary N) is 1. The molecule has 0 saturated carbocycles. The van der Waals surface area contributed by atoms with Crippen LogP contribution in [0.3, 0.4) is 0 Å². The normalized spacial score (nSPS) is 13.0. The number of nitrogens with zero attached hydrogens (tertiary/aromatic N) is 4. The fourth-order valence-electron chi connectivity index (χ4n) is 1.33. The van der Waals surface area contributed by atoms with Crippen LogP contribution >= 0.6 is 0 Å². The molecule has 0 saturated heterocycles. The summed E-state index contributed by atoms with van der Waals surface area (Å²) in [6, 6.07) is 0.0822. The summed E-state index contributed by atoms with van der Waals surface area (Å²) in [7, 11) is 1.90. The second-order valence-corrected chi connectivity index (χ2v) is 3.61. The van der Waals surface area contributed by atoms with E-state index < -0.39 is 0 Å². The van der Waals surface area contributed by atoms with E-state index in [4.69, 9.17) is 5.73 Å². The van der Waals surface area contributed by atoms with Gasteiger partial charge in [0.05, 0.1) is 6.33 Å². The Morgan fingerprint density at radius 1 is 1.47 bits per heavy atom. The molecule has 0 aliphatic carbocycles. The van der Waals surface area contributed by atoms with Gasteiger partial charge in [-0.1, -0.05) is 0 Å². The van der Waals surface area contributed by atoms with Crippen LogP contribution < -0.4 is 11.1 Å². The molecule has 0 aliphatic rings. The second-order valence-electron chi connectivity index (χ2n) is 3.61. The van der Waals surface area contributed by atoms with Crippen LogP contribution in [0.15, 0.2) is 12.7 Å². The third-order valence-electron chi connectivity index (χ3n) is 2.09. The number of fused-ring (bicyclic) bond motifs is 1. The van der Waals surface area contributed by atoms with Gasteiger partial charge in [-0.2, -0.15) is 0 Å². The van der Waals surface area contributed by atoms with E-state index >= 15 is 0 Å². The van der Waals surface area contributed by atoms with Gasteiger partial charge in [0.2, 0.25) is 0 Å². The molecule has 80 valence electrons. The maximum absolute atomic E-state index is 5.66. The van der Waals surface area contributed by atoms with Gasteiger partial charge in [-0.15, -0.1) is 0 Å². The summed E-state index contributed by atoms with van der Waals surface area (Å²) in [6.45, 7) is 2.60. The van der Waals surface area contributed by atoms with E-state index in [1.165, 1.54) is 6.33 Å². The first-order valence-corrected chi connectivity index (χ1v) is 4.80. The Balaban J connectivity index is 2.34. The molecule has 6 nitrogen and oxygen atoms in total. The van der Waals surface area contributed by atoms with Crippen molar-refractivity contribution >= 4 is 17.0 Å². The van der Waals surface area contributed by atoms with Gasteiger partial charge in [-0.3, -0.25) is 0 Å². The molecule has 6 heteroatoms. The topological polar surface area (TPSA) is 81.7 Å². The Kier molecular flexibility index (Phi) is 2.51. The van der Waals surface area contributed by atoms with Crippen molar-refractivity contribution in [2.75, 3.05) is 11.9 Å². The lowest BCUT2D eigenvalue weighted by molar-refractivity contribution is 0.777. The zero-order chi connectivity index (χ0) is 10.8. The minimum absolute atomic E-state index is 0.0822. The highest BCUT2D eigenvalue weighted by atomic mass is 15.1. The first-order chi connectivity index (χ1) is 7.18. The fraction of sp³-hybridized carbons (Fsp3) is 0.444. The van der Waals surface area contributed by atoms with Gasteiger partial charge in [0, 0.05) is 19.6 Å². The maximum atomic E-state index is 5.66. The standard InChI is InChI=1S/C9H14N6/c1-6(10)3-11-8-7-9(13-4-12-8)15(2)5-14-7/h4-6H,3,10H2,1-2H3,(H,11,12,13). The first-order valence-electron chi connectivity index (χ1n) is 4.80. The summed E-state index contributed by atoms with van der Waals surface area (Å²) < 4.78 is 1.86. The van der Waals surface area contributed by atoms with Gasteiger partial charge in [0.1, 0.15) is 11.8 Å². The minimum atomic E-state index is 0.0822. The number of hydrogen-bond acceptors (Lipinski definition) is 5. The van der Waals surface area contributed by atoms with Crippen molar-refractivity contribution in [3.8, 4) is 0 Å². The van der Waals surface area contributed by atoms with Gasteiger partial charge < -0.3 is 15.6 Å². The van der Waals surface area contributed by atoms with Crippen LogP contribution in [-0.2, 0) is 7.05 Å². The molecule has 2 rings (SSSR count). The van der Waals surface area contributed by atoms with Gasteiger partial charge in [-0.25, -0.2) is 15.0 Å². The Bertz CT molecular complexity index is 461. The van der Waals surface area contributed by atoms with E-state index in [1.807, 2.05) is 18.5 Å². The summed E-state index contributed by atoms with van der Waals surface area (Å²) in [5.74, 6) is 0.734. The van der Waals surface area contributed by atoms with Crippen LogP contribution in [0.25, 0.3) is 11.2 Å². The zero-order valence-corrected chi connectivity index (χ0v) is 8.81. The number of imidazole rings is 1. The molecule has 0 fully saturated rings. The van der Waals surface area contributed by atoms with Crippen LogP contribution in [0, 0.1) is 0 Å². The van der Waals surface area contributed by atoms with Gasteiger partial charge >= 0.3 is 0 Å². The predicted molar refractivity (Wildman–Crippen MR) is 58.4 cm³/mol. The highest BCUT2D eigenvalue weighted by molar-refractivity contribution is 5.82. The second kappa shape index (κ2) is 3.82. The number of nitrogens with two attached hydrogens (primary N) is 1. The Labute approximate surface area is 87.5 Å². The van der Waals surface area contributed by atoms with E-state index in [1.54, 1.807) is 6.33 Å². The number of rotatable bonds is 3. The Hall–Kier alpha value is -1.69. The minimum Gasteiger partial charge on any atom is -0.367 e. The molecule has 2 aromatic heterocycles. The van der Waals surface area contributed by atoms with Crippen LogP contribution in [0.5, 0.6) is 0 Å². The highest BCUT2D eigenvalue weighted by Gasteiger charge is 2.07. The summed E-state index contributed by atoms with van der Waals surface area (Å²) in [6.07, 6.45) is 3.24. The van der Waals surface area contributed by atoms with E-state index in [9.17, 15) is 0 Å². The molecule has 0 spiro atoms. The number of hydrogen-bond donors (Lipinski definition) is 2. The Morgan fingerprint density at radius 2 is 2.27 bits per heavy atom. The monoisotopic (exact) mass is 206 g/mol. The smallest absolute Gasteiger partial charge is 0.165 e. The van der Waals surface area contributed by atoms with Gasteiger partial charge in [0.25, 0.3) is 0 Å². The summed E-state index contributed by atoms with van der Waals surface area (Å²) in [5.41, 5.74) is 7.25. The van der Waals surface area contributed by atoms with Crippen molar-refractivity contribution in [2.45, 2.75) is 13.0 Å². The third kappa shape index (κ3) is 1.89. The van der Waals surface area contributed by atoms with Gasteiger partial charge in [0.15, 0.2) is 11.5 Å². The number of anilines is 1. The van der Waals surface area contributed by atoms with Crippen molar-refractivity contribution in [1.82, 2.24) is 19.5 Å². The fourth-order valence-corrected chi connectivity index (χ4v) is 1.33. The van der Waals surface area contributed by atoms with E-state index in [0.29, 0.717) is 6.54 Å². The molecule has 2 heterocycles. The summed E-state index contributed by atoms with van der Waals surface area (Å²) in [5, 5.41) is 3.15. The van der Waals surface area contributed by atoms with Crippen molar-refractivity contribution < 1.29 is 0 Å². The molecule has 0 radical (unpaired) electrons. The summed E-state index contributed by atoms with van der Waals surface area (Å²) in [4.78, 5) is 12.5. The Morgan fingerprint density at radius 3 is 3.00 bits per heavy atom. The van der Waals surface area contributed by atoms with Crippen LogP contribution in [-0.4, -0.2) is 32.1 Å². The molecule has 0 aromatic carbocycles. The molecule has 1 atom stereocenters. The first kappa shape index (κ1) is 9.85. The predicted octanol–water partition coefficient (Wildman–Crippen LogP) is 0.122. The van der Waals surface area contributed by atoms with Crippen molar-refractivity contribution in [3.63, 3.8) is 0 Å². The van der Waals surface area contributed by atoms with Crippen molar-refractivity contribution in [1.29, 1.82) is 0 Å². The number of aryl methyl sites for hydroxylation is 1. The molecule has 2 aromatic rings. The largest absolute Gasteiger partial charge is 0.367 e. The molecule has 0 amide bonds. The lowest BCUT2D eigenvalue weighted by atomic mass is 10.3. The lowest BCUT2D eigenvalue weighted by Crippen LogP contribution is -2.25. The quantitative estimate of drug-likeness (QED) is 0.745. The van der Waals surface area contributed by atoms with E-state index in [0.717, 1.165) is 17.0 Å². The molecular weight excluding hydrogens is 192 g/mol. The van der Waals surface area contributed by atoms with E-state index in [-0.39, 0.29) is 6.04 Å². The van der Waals surface area contributed by atoms with E-state index in [2.05, 4.69) is 20.3 Å². The third-order valence-corrected chi connectivity index (χ3v) is 2.09. The highest BCUT2D eigenvalue weighted by Crippen LogP contribution is 2.15. The molecule has 1 unspecified atom stereocenters. The van der Waals surface area contributed by atoms with Crippen LogP contribution in [0.4, 0.5) is 5.82 Å². The molecule has 0 aliphatic heterocycles. The average molecular weight is 206 g/mol.